The maximum atomic E-state index is 13.9. The van der Waals surface area contributed by atoms with Gasteiger partial charge in [0, 0.05) is 17.0 Å². The van der Waals surface area contributed by atoms with Crippen molar-refractivity contribution in [1.82, 2.24) is 5.32 Å². The van der Waals surface area contributed by atoms with Crippen molar-refractivity contribution in [3.05, 3.63) is 34.6 Å². The van der Waals surface area contributed by atoms with Crippen LogP contribution < -0.4 is 5.32 Å². The Morgan fingerprint density at radius 2 is 2.10 bits per heavy atom. The van der Waals surface area contributed by atoms with E-state index < -0.39 is 0 Å². The van der Waals surface area contributed by atoms with Gasteiger partial charge in [-0.3, -0.25) is 0 Å². The number of hydrogen-bond donors (Lipinski definition) is 1. The molecule has 0 aliphatic heterocycles. The van der Waals surface area contributed by atoms with Gasteiger partial charge in [0.25, 0.3) is 0 Å². The van der Waals surface area contributed by atoms with Crippen LogP contribution in [-0.2, 0) is 6.42 Å². The first kappa shape index (κ1) is 16.1. The molecule has 0 radical (unpaired) electrons. The van der Waals surface area contributed by atoms with Crippen molar-refractivity contribution in [2.45, 2.75) is 49.8 Å². The van der Waals surface area contributed by atoms with Crippen LogP contribution in [0.25, 0.3) is 0 Å². The Morgan fingerprint density at radius 3 is 2.80 bits per heavy atom. The van der Waals surface area contributed by atoms with E-state index in [1.807, 2.05) is 30.9 Å². The number of likely N-dealkylation sites (N-methyl/N-ethyl adjacent to an activating group) is 1. The Kier molecular flexibility index (Phi) is 6.66. The third kappa shape index (κ3) is 4.64. The van der Waals surface area contributed by atoms with E-state index in [2.05, 4.69) is 5.32 Å². The van der Waals surface area contributed by atoms with E-state index in [1.54, 1.807) is 6.07 Å². The fourth-order valence-corrected chi connectivity index (χ4v) is 4.35. The van der Waals surface area contributed by atoms with E-state index in [4.69, 9.17) is 11.6 Å². The minimum absolute atomic E-state index is 0.220. The van der Waals surface area contributed by atoms with Crippen LogP contribution >= 0.6 is 23.4 Å². The lowest BCUT2D eigenvalue weighted by Crippen LogP contribution is -2.31. The van der Waals surface area contributed by atoms with Gasteiger partial charge in [-0.15, -0.1) is 0 Å². The zero-order chi connectivity index (χ0) is 14.4. The van der Waals surface area contributed by atoms with Gasteiger partial charge in [0.1, 0.15) is 5.82 Å². The Bertz CT molecular complexity index is 421. The first-order valence-corrected chi connectivity index (χ1v) is 8.85. The fraction of sp³-hybridized carbons (Fsp3) is 0.625. The topological polar surface area (TPSA) is 12.0 Å². The molecule has 0 spiro atoms. The summed E-state index contributed by atoms with van der Waals surface area (Å²) in [7, 11) is 1.95. The molecule has 0 saturated heterocycles. The number of nitrogens with one attached hydrogen (secondary N) is 1. The smallest absolute Gasteiger partial charge is 0.145 e. The normalized spacial score (nSPS) is 18.1. The highest BCUT2D eigenvalue weighted by atomic mass is 35.5. The minimum Gasteiger partial charge on any atom is -0.316 e. The Balaban J connectivity index is 1.86. The summed E-state index contributed by atoms with van der Waals surface area (Å²) in [5, 5.41) is 4.32. The Labute approximate surface area is 130 Å². The largest absolute Gasteiger partial charge is 0.316 e. The zero-order valence-corrected chi connectivity index (χ0v) is 13.6. The van der Waals surface area contributed by atoms with Gasteiger partial charge in [0.2, 0.25) is 0 Å². The fourth-order valence-electron chi connectivity index (χ4n) is 2.70. The molecule has 112 valence electrons. The molecule has 1 saturated carbocycles. The van der Waals surface area contributed by atoms with E-state index in [0.717, 1.165) is 11.0 Å². The van der Waals surface area contributed by atoms with Gasteiger partial charge in [0.05, 0.1) is 5.02 Å². The van der Waals surface area contributed by atoms with Crippen LogP contribution in [0.2, 0.25) is 5.02 Å². The third-order valence-electron chi connectivity index (χ3n) is 3.99. The maximum Gasteiger partial charge on any atom is 0.145 e. The molecule has 1 aromatic rings. The summed E-state index contributed by atoms with van der Waals surface area (Å²) in [6, 6.07) is 5.55. The van der Waals surface area contributed by atoms with Gasteiger partial charge in [-0.25, -0.2) is 4.39 Å². The van der Waals surface area contributed by atoms with Gasteiger partial charge in [-0.1, -0.05) is 43.0 Å². The van der Waals surface area contributed by atoms with Gasteiger partial charge >= 0.3 is 0 Å². The van der Waals surface area contributed by atoms with Crippen molar-refractivity contribution >= 4 is 23.4 Å². The van der Waals surface area contributed by atoms with Crippen LogP contribution in [-0.4, -0.2) is 24.1 Å². The molecule has 0 bridgehead atoms. The zero-order valence-electron chi connectivity index (χ0n) is 12.0. The average molecular weight is 316 g/mol. The molecule has 0 amide bonds. The van der Waals surface area contributed by atoms with Crippen LogP contribution in [0.5, 0.6) is 0 Å². The van der Waals surface area contributed by atoms with Gasteiger partial charge in [0.15, 0.2) is 0 Å². The van der Waals surface area contributed by atoms with Gasteiger partial charge in [-0.05, 0) is 37.9 Å². The summed E-state index contributed by atoms with van der Waals surface area (Å²) in [6.45, 7) is 0. The lowest BCUT2D eigenvalue weighted by Gasteiger charge is -2.24. The highest BCUT2D eigenvalue weighted by Crippen LogP contribution is 2.29. The van der Waals surface area contributed by atoms with Crippen molar-refractivity contribution in [1.29, 1.82) is 0 Å². The Morgan fingerprint density at radius 1 is 1.35 bits per heavy atom. The minimum atomic E-state index is -0.267. The summed E-state index contributed by atoms with van der Waals surface area (Å²) >= 11 is 7.88. The molecule has 1 aliphatic rings. The van der Waals surface area contributed by atoms with Crippen LogP contribution in [0.1, 0.15) is 37.7 Å². The van der Waals surface area contributed by atoms with Crippen molar-refractivity contribution in [2.24, 2.45) is 0 Å². The molecular formula is C16H23ClFNS. The van der Waals surface area contributed by atoms with Crippen LogP contribution in [0, 0.1) is 5.82 Å². The first-order valence-electron chi connectivity index (χ1n) is 7.42. The molecule has 0 heterocycles. The second-order valence-corrected chi connectivity index (χ2v) is 7.24. The molecule has 1 aromatic carbocycles. The van der Waals surface area contributed by atoms with Gasteiger partial charge < -0.3 is 5.32 Å². The molecule has 0 aromatic heterocycles. The van der Waals surface area contributed by atoms with Crippen LogP contribution in [0.3, 0.4) is 0 Å². The van der Waals surface area contributed by atoms with E-state index in [9.17, 15) is 4.39 Å². The number of benzene rings is 1. The third-order valence-corrected chi connectivity index (χ3v) is 5.82. The van der Waals surface area contributed by atoms with Crippen LogP contribution in [0.15, 0.2) is 18.2 Å². The van der Waals surface area contributed by atoms with E-state index in [0.29, 0.717) is 18.0 Å². The van der Waals surface area contributed by atoms with Crippen molar-refractivity contribution < 1.29 is 4.39 Å². The predicted octanol–water partition coefficient (Wildman–Crippen LogP) is 4.68. The second-order valence-electron chi connectivity index (χ2n) is 5.50. The molecule has 1 atom stereocenters. The first-order chi connectivity index (χ1) is 9.70. The number of hydrogen-bond acceptors (Lipinski definition) is 2. The van der Waals surface area contributed by atoms with E-state index >= 15 is 0 Å². The number of thioether (sulfide) groups is 1. The number of halogens is 2. The van der Waals surface area contributed by atoms with Crippen molar-refractivity contribution in [3.8, 4) is 0 Å². The van der Waals surface area contributed by atoms with Gasteiger partial charge in [-0.2, -0.15) is 11.8 Å². The van der Waals surface area contributed by atoms with Crippen molar-refractivity contribution in [2.75, 3.05) is 12.8 Å². The highest BCUT2D eigenvalue weighted by Gasteiger charge is 2.17. The Hall–Kier alpha value is -0.250. The molecule has 4 heteroatoms. The lowest BCUT2D eigenvalue weighted by atomic mass is 10.0. The summed E-state index contributed by atoms with van der Waals surface area (Å²) < 4.78 is 13.9. The molecule has 1 fully saturated rings. The quantitative estimate of drug-likeness (QED) is 0.818. The summed E-state index contributed by atoms with van der Waals surface area (Å²) in [5.41, 5.74) is 0.709. The SMILES string of the molecule is CNC(CSC1CCCCC1)Cc1cccc(Cl)c1F. The van der Waals surface area contributed by atoms with E-state index in [1.165, 1.54) is 32.1 Å². The highest BCUT2D eigenvalue weighted by molar-refractivity contribution is 7.99. The van der Waals surface area contributed by atoms with Crippen molar-refractivity contribution in [3.63, 3.8) is 0 Å². The molecule has 1 unspecified atom stereocenters. The molecule has 20 heavy (non-hydrogen) atoms. The standard InChI is InChI=1S/C16H23ClFNS/c1-19-13(11-20-14-7-3-2-4-8-14)10-12-6-5-9-15(17)16(12)18/h5-6,9,13-14,19H,2-4,7-8,10-11H2,1H3. The maximum absolute atomic E-state index is 13.9. The molecular weight excluding hydrogens is 293 g/mol. The predicted molar refractivity (Wildman–Crippen MR) is 87.3 cm³/mol. The monoisotopic (exact) mass is 315 g/mol. The molecule has 1 N–H and O–H groups in total. The van der Waals surface area contributed by atoms with E-state index in [-0.39, 0.29) is 10.8 Å². The summed E-state index contributed by atoms with van der Waals surface area (Å²) in [6.07, 6.45) is 7.50. The molecule has 2 rings (SSSR count). The molecule has 1 aliphatic carbocycles. The average Bonchev–Trinajstić information content (AvgIpc) is 2.49. The summed E-state index contributed by atoms with van der Waals surface area (Å²) in [4.78, 5) is 0. The van der Waals surface area contributed by atoms with Crippen LogP contribution in [0.4, 0.5) is 4.39 Å². The summed E-state index contributed by atoms with van der Waals surface area (Å²) in [5.74, 6) is 0.768. The molecule has 1 nitrogen and oxygen atoms in total. The second kappa shape index (κ2) is 8.26. The lowest BCUT2D eigenvalue weighted by molar-refractivity contribution is 0.513. The number of rotatable bonds is 6.